The molecule has 1 aromatic carbocycles. The molecule has 1 atom stereocenters. The molecule has 1 aromatic rings. The molecule has 1 aliphatic rings. The van der Waals surface area contributed by atoms with Crippen molar-refractivity contribution in [1.29, 1.82) is 0 Å². The van der Waals surface area contributed by atoms with Crippen LogP contribution in [0.4, 0.5) is 5.69 Å². The fourth-order valence-corrected chi connectivity index (χ4v) is 4.62. The molecule has 0 saturated carbocycles. The Hall–Kier alpha value is -0.780. The number of hydrogen-bond donors (Lipinski definition) is 1. The minimum Gasteiger partial charge on any atom is -0.324 e. The van der Waals surface area contributed by atoms with Gasteiger partial charge in [0.1, 0.15) is 0 Å². The highest BCUT2D eigenvalue weighted by Crippen LogP contribution is 2.30. The van der Waals surface area contributed by atoms with Crippen molar-refractivity contribution in [1.82, 2.24) is 0 Å². The number of hydrogen-bond acceptors (Lipinski definition) is 3. The molecule has 0 aromatic heterocycles. The van der Waals surface area contributed by atoms with Gasteiger partial charge in [-0.1, -0.05) is 29.3 Å². The number of para-hydroxylation sites is 1. The second-order valence-corrected chi connectivity index (χ2v) is 8.01. The van der Waals surface area contributed by atoms with E-state index in [1.165, 1.54) is 0 Å². The summed E-state index contributed by atoms with van der Waals surface area (Å²) in [5.74, 6) is -0.0879. The number of amides is 1. The van der Waals surface area contributed by atoms with Crippen molar-refractivity contribution >= 4 is 44.6 Å². The molecule has 0 radical (unpaired) electrons. The van der Waals surface area contributed by atoms with Crippen LogP contribution in [0.25, 0.3) is 0 Å². The number of halogens is 2. The molecule has 1 aliphatic heterocycles. The Kier molecular flexibility index (Phi) is 4.94. The number of carbonyl (C=O) groups excluding carboxylic acids is 1. The number of sulfone groups is 1. The molecule has 2 rings (SSSR count). The molecule has 4 nitrogen and oxygen atoms in total. The molecule has 20 heavy (non-hydrogen) atoms. The van der Waals surface area contributed by atoms with Gasteiger partial charge in [0.15, 0.2) is 9.84 Å². The van der Waals surface area contributed by atoms with E-state index >= 15 is 0 Å². The smallest absolute Gasteiger partial charge is 0.224 e. The Balaban J connectivity index is 1.99. The molecule has 1 unspecified atom stereocenters. The van der Waals surface area contributed by atoms with Crippen LogP contribution in [-0.4, -0.2) is 25.8 Å². The number of nitrogens with one attached hydrogen (secondary N) is 1. The summed E-state index contributed by atoms with van der Waals surface area (Å²) in [4.78, 5) is 12.0. The number of anilines is 1. The van der Waals surface area contributed by atoms with Crippen LogP contribution in [0.3, 0.4) is 0 Å². The highest BCUT2D eigenvalue weighted by Gasteiger charge is 2.26. The maximum Gasteiger partial charge on any atom is 0.224 e. The first-order chi connectivity index (χ1) is 9.37. The first-order valence-electron chi connectivity index (χ1n) is 6.32. The van der Waals surface area contributed by atoms with Crippen LogP contribution in [-0.2, 0) is 14.6 Å². The first-order valence-corrected chi connectivity index (χ1v) is 8.89. The van der Waals surface area contributed by atoms with Crippen LogP contribution >= 0.6 is 23.2 Å². The van der Waals surface area contributed by atoms with Crippen molar-refractivity contribution in [3.63, 3.8) is 0 Å². The SMILES string of the molecule is O=C(CC1CCCS(=O)(=O)C1)Nc1c(Cl)cccc1Cl. The molecule has 1 fully saturated rings. The van der Waals surface area contributed by atoms with Crippen LogP contribution in [0.15, 0.2) is 18.2 Å². The van der Waals surface area contributed by atoms with Crippen molar-refractivity contribution in [2.45, 2.75) is 19.3 Å². The number of carbonyl (C=O) groups is 1. The lowest BCUT2D eigenvalue weighted by atomic mass is 10.0. The van der Waals surface area contributed by atoms with Gasteiger partial charge in [0.25, 0.3) is 0 Å². The summed E-state index contributed by atoms with van der Waals surface area (Å²) in [6.07, 6.45) is 1.54. The predicted octanol–water partition coefficient (Wildman–Crippen LogP) is 3.15. The van der Waals surface area contributed by atoms with E-state index in [2.05, 4.69) is 5.32 Å². The Morgan fingerprint density at radius 3 is 2.55 bits per heavy atom. The Morgan fingerprint density at radius 2 is 1.95 bits per heavy atom. The van der Waals surface area contributed by atoms with Gasteiger partial charge in [-0.25, -0.2) is 8.42 Å². The lowest BCUT2D eigenvalue weighted by Crippen LogP contribution is -2.28. The van der Waals surface area contributed by atoms with Gasteiger partial charge in [0.2, 0.25) is 5.91 Å². The topological polar surface area (TPSA) is 63.2 Å². The molecular formula is C13H15Cl2NO3S. The Morgan fingerprint density at radius 1 is 1.30 bits per heavy atom. The minimum absolute atomic E-state index is 0.0800. The highest BCUT2D eigenvalue weighted by molar-refractivity contribution is 7.91. The maximum atomic E-state index is 12.0. The zero-order chi connectivity index (χ0) is 14.8. The standard InChI is InChI=1S/C13H15Cl2NO3S/c14-10-4-1-5-11(15)13(10)16-12(17)7-9-3-2-6-20(18,19)8-9/h1,4-5,9H,2-3,6-8H2,(H,16,17). The normalized spacial score (nSPS) is 21.4. The second kappa shape index (κ2) is 6.33. The summed E-state index contributed by atoms with van der Waals surface area (Å²) in [6, 6.07) is 4.95. The van der Waals surface area contributed by atoms with Gasteiger partial charge >= 0.3 is 0 Å². The Bertz CT molecular complexity index is 596. The van der Waals surface area contributed by atoms with Crippen LogP contribution in [0.5, 0.6) is 0 Å². The van der Waals surface area contributed by atoms with Crippen molar-refractivity contribution < 1.29 is 13.2 Å². The highest BCUT2D eigenvalue weighted by atomic mass is 35.5. The van der Waals surface area contributed by atoms with Gasteiger partial charge in [0, 0.05) is 6.42 Å². The minimum atomic E-state index is -3.00. The predicted molar refractivity (Wildman–Crippen MR) is 81.1 cm³/mol. The van der Waals surface area contributed by atoms with Gasteiger partial charge in [-0.15, -0.1) is 0 Å². The van der Waals surface area contributed by atoms with Crippen LogP contribution < -0.4 is 5.32 Å². The monoisotopic (exact) mass is 335 g/mol. The molecule has 0 spiro atoms. The molecule has 110 valence electrons. The van der Waals surface area contributed by atoms with E-state index in [0.717, 1.165) is 6.42 Å². The van der Waals surface area contributed by atoms with Crippen molar-refractivity contribution in [3.8, 4) is 0 Å². The summed E-state index contributed by atoms with van der Waals surface area (Å²) < 4.78 is 23.1. The van der Waals surface area contributed by atoms with E-state index in [1.54, 1.807) is 18.2 Å². The molecule has 0 aliphatic carbocycles. The third-order valence-electron chi connectivity index (χ3n) is 3.26. The molecule has 1 heterocycles. The van der Waals surface area contributed by atoms with E-state index in [0.29, 0.717) is 22.2 Å². The molecule has 1 saturated heterocycles. The van der Waals surface area contributed by atoms with Crippen molar-refractivity contribution in [2.75, 3.05) is 16.8 Å². The van der Waals surface area contributed by atoms with Gasteiger partial charge in [-0.3, -0.25) is 4.79 Å². The second-order valence-electron chi connectivity index (χ2n) is 4.97. The zero-order valence-electron chi connectivity index (χ0n) is 10.7. The lowest BCUT2D eigenvalue weighted by Gasteiger charge is -2.21. The van der Waals surface area contributed by atoms with Gasteiger partial charge in [-0.2, -0.15) is 0 Å². The summed E-state index contributed by atoms with van der Waals surface area (Å²) in [5, 5.41) is 3.38. The summed E-state index contributed by atoms with van der Waals surface area (Å²) in [7, 11) is -3.00. The lowest BCUT2D eigenvalue weighted by molar-refractivity contribution is -0.117. The van der Waals surface area contributed by atoms with Crippen molar-refractivity contribution in [3.05, 3.63) is 28.2 Å². The average molecular weight is 336 g/mol. The van der Waals surface area contributed by atoms with Crippen molar-refractivity contribution in [2.24, 2.45) is 5.92 Å². The van der Waals surface area contributed by atoms with Crippen LogP contribution in [0.2, 0.25) is 10.0 Å². The summed E-state index contributed by atoms with van der Waals surface area (Å²) in [6.45, 7) is 0. The molecular weight excluding hydrogens is 321 g/mol. The first kappa shape index (κ1) is 15.6. The van der Waals surface area contributed by atoms with E-state index in [1.807, 2.05) is 0 Å². The van der Waals surface area contributed by atoms with E-state index < -0.39 is 9.84 Å². The number of benzene rings is 1. The van der Waals surface area contributed by atoms with E-state index in [9.17, 15) is 13.2 Å². The van der Waals surface area contributed by atoms with Gasteiger partial charge in [0.05, 0.1) is 27.2 Å². The third kappa shape index (κ3) is 4.11. The Labute approximate surface area is 128 Å². The van der Waals surface area contributed by atoms with Crippen LogP contribution in [0, 0.1) is 5.92 Å². The molecule has 1 N–H and O–H groups in total. The van der Waals surface area contributed by atoms with Crippen LogP contribution in [0.1, 0.15) is 19.3 Å². The van der Waals surface area contributed by atoms with Gasteiger partial charge < -0.3 is 5.32 Å². The average Bonchev–Trinajstić information content (AvgIpc) is 2.33. The fourth-order valence-electron chi connectivity index (χ4n) is 2.35. The third-order valence-corrected chi connectivity index (χ3v) is 5.78. The van der Waals surface area contributed by atoms with Gasteiger partial charge in [-0.05, 0) is 30.9 Å². The quantitative estimate of drug-likeness (QED) is 0.922. The summed E-state index contributed by atoms with van der Waals surface area (Å²) in [5.41, 5.74) is 0.375. The zero-order valence-corrected chi connectivity index (χ0v) is 13.1. The number of rotatable bonds is 3. The molecule has 1 amide bonds. The van der Waals surface area contributed by atoms with E-state index in [4.69, 9.17) is 23.2 Å². The largest absolute Gasteiger partial charge is 0.324 e. The molecule has 7 heteroatoms. The maximum absolute atomic E-state index is 12.0. The van der Waals surface area contributed by atoms with E-state index in [-0.39, 0.29) is 29.8 Å². The summed E-state index contributed by atoms with van der Waals surface area (Å²) >= 11 is 11.9. The molecule has 0 bridgehead atoms. The fraction of sp³-hybridized carbons (Fsp3) is 0.462.